The molecule has 2 N–H and O–H groups in total. The van der Waals surface area contributed by atoms with E-state index in [9.17, 15) is 4.55 Å². The van der Waals surface area contributed by atoms with Crippen LogP contribution < -0.4 is 4.72 Å². The normalized spacial score (nSPS) is 37.9. The van der Waals surface area contributed by atoms with E-state index in [1.54, 1.807) is 0 Å². The zero-order chi connectivity index (χ0) is 10.5. The fourth-order valence-corrected chi connectivity index (χ4v) is 3.71. The lowest BCUT2D eigenvalue weighted by Gasteiger charge is -2.29. The molecule has 1 fully saturated rings. The molecule has 3 nitrogen and oxygen atoms in total. The van der Waals surface area contributed by atoms with E-state index in [0.717, 1.165) is 17.9 Å². The molecule has 0 aromatic rings. The smallest absolute Gasteiger partial charge is 0.0269 e. The van der Waals surface area contributed by atoms with Gasteiger partial charge in [0.2, 0.25) is 0 Å². The summed E-state index contributed by atoms with van der Waals surface area (Å²) in [5, 5.41) is 0. The Morgan fingerprint density at radius 2 is 1.92 bits per heavy atom. The minimum absolute atomic E-state index is 0.572. The minimum atomic E-state index is -1.43. The summed E-state index contributed by atoms with van der Waals surface area (Å²) >= 11 is 0. The lowest BCUT2D eigenvalue weighted by Crippen LogP contribution is -2.29. The van der Waals surface area contributed by atoms with Crippen LogP contribution in [0.5, 0.6) is 0 Å². The van der Waals surface area contributed by atoms with Crippen molar-refractivity contribution < 1.29 is 4.55 Å². The molecule has 0 amide bonds. The molecule has 82 valence electrons. The number of nitrogens with one attached hydrogen (secondary N) is 1. The summed E-state index contributed by atoms with van der Waals surface area (Å²) in [5.74, 6) is 1.88. The van der Waals surface area contributed by atoms with Crippen molar-refractivity contribution in [2.45, 2.75) is 26.3 Å². The van der Waals surface area contributed by atoms with E-state index >= 15 is 0 Å². The summed E-state index contributed by atoms with van der Waals surface area (Å²) < 4.78 is 12.9. The van der Waals surface area contributed by atoms with Crippen molar-refractivity contribution in [2.24, 2.45) is 0 Å². The maximum atomic E-state index is 9.86. The van der Waals surface area contributed by atoms with Crippen LogP contribution in [0.2, 0.25) is 0 Å². The fraction of sp³-hybridized carbons (Fsp3) is 1.00. The van der Waals surface area contributed by atoms with Crippen molar-refractivity contribution in [2.75, 3.05) is 32.6 Å². The van der Waals surface area contributed by atoms with E-state index in [0.29, 0.717) is 6.04 Å². The molecule has 4 heteroatoms. The Bertz CT molecular complexity index is 144. The molecule has 0 bridgehead atoms. The monoisotopic (exact) mass is 208 g/mol. The molecule has 2 atom stereocenters. The van der Waals surface area contributed by atoms with Crippen molar-refractivity contribution in [3.05, 3.63) is 0 Å². The van der Waals surface area contributed by atoms with E-state index in [2.05, 4.69) is 23.7 Å². The van der Waals surface area contributed by atoms with Gasteiger partial charge in [-0.15, -0.1) is 0 Å². The molecule has 0 aromatic heterocycles. The Morgan fingerprint density at radius 1 is 1.38 bits per heavy atom. The molecule has 1 rings (SSSR count). The van der Waals surface area contributed by atoms with Gasteiger partial charge in [0.15, 0.2) is 0 Å². The molecule has 0 radical (unpaired) electrons. The standard InChI is InChI=1S/C7H18N2OS.C2H6/c1-8-11(10)5-4-7(6-11)9(2)3;1-2/h7-8,10H,4-6H2,1-3H3;1-2H3. The van der Waals surface area contributed by atoms with Gasteiger partial charge in [0.1, 0.15) is 0 Å². The summed E-state index contributed by atoms with van der Waals surface area (Å²) in [4.78, 5) is 2.20. The Labute approximate surface area is 84.2 Å². The molecule has 0 saturated carbocycles. The second kappa shape index (κ2) is 5.86. The van der Waals surface area contributed by atoms with Crippen LogP contribution in [0.3, 0.4) is 0 Å². The third-order valence-electron chi connectivity index (χ3n) is 2.37. The Balaban J connectivity index is 0.000000671. The summed E-state index contributed by atoms with van der Waals surface area (Å²) in [7, 11) is 4.58. The molecule has 1 saturated heterocycles. The first kappa shape index (κ1) is 13.2. The Morgan fingerprint density at radius 3 is 2.15 bits per heavy atom. The SMILES string of the molecule is CC.CNS1(O)CCC(N(C)C)C1. The lowest BCUT2D eigenvalue weighted by molar-refractivity contribution is 0.319. The largest absolute Gasteiger partial charge is 0.338 e. The average Bonchev–Trinajstić information content (AvgIpc) is 2.53. The van der Waals surface area contributed by atoms with Gasteiger partial charge in [-0.3, -0.25) is 4.72 Å². The predicted molar refractivity (Wildman–Crippen MR) is 62.5 cm³/mol. The predicted octanol–water partition coefficient (Wildman–Crippen LogP) is 1.76. The van der Waals surface area contributed by atoms with Gasteiger partial charge in [-0.05, 0) is 27.6 Å². The van der Waals surface area contributed by atoms with Crippen molar-refractivity contribution in [3.63, 3.8) is 0 Å². The first-order valence-corrected chi connectivity index (χ1v) is 6.86. The van der Waals surface area contributed by atoms with Gasteiger partial charge in [0, 0.05) is 17.5 Å². The third kappa shape index (κ3) is 3.85. The maximum absolute atomic E-state index is 9.86. The summed E-state index contributed by atoms with van der Waals surface area (Å²) in [5.41, 5.74) is 0. The quantitative estimate of drug-likeness (QED) is 0.726. The molecular weight excluding hydrogens is 184 g/mol. The summed E-state index contributed by atoms with van der Waals surface area (Å²) in [6, 6.07) is 0.572. The Kier molecular flexibility index (Phi) is 5.96. The van der Waals surface area contributed by atoms with Gasteiger partial charge >= 0.3 is 0 Å². The van der Waals surface area contributed by atoms with Crippen LogP contribution in [-0.2, 0) is 0 Å². The van der Waals surface area contributed by atoms with Gasteiger partial charge in [0.05, 0.1) is 0 Å². The van der Waals surface area contributed by atoms with Crippen LogP contribution in [0.15, 0.2) is 0 Å². The van der Waals surface area contributed by atoms with Crippen molar-refractivity contribution >= 4 is 10.5 Å². The second-order valence-corrected chi connectivity index (χ2v) is 6.16. The number of hydrogen-bond acceptors (Lipinski definition) is 3. The minimum Gasteiger partial charge on any atom is -0.338 e. The molecule has 2 unspecified atom stereocenters. The van der Waals surface area contributed by atoms with Crippen LogP contribution in [-0.4, -0.2) is 48.1 Å². The Hall–Kier alpha value is 0.230. The van der Waals surface area contributed by atoms with Crippen molar-refractivity contribution in [1.29, 1.82) is 0 Å². The van der Waals surface area contributed by atoms with Gasteiger partial charge in [-0.1, -0.05) is 24.3 Å². The van der Waals surface area contributed by atoms with Crippen molar-refractivity contribution in [1.82, 2.24) is 9.62 Å². The zero-order valence-corrected chi connectivity index (χ0v) is 10.3. The highest BCUT2D eigenvalue weighted by Crippen LogP contribution is 2.46. The number of rotatable bonds is 2. The highest BCUT2D eigenvalue weighted by molar-refractivity contribution is 8.27. The van der Waals surface area contributed by atoms with E-state index in [-0.39, 0.29) is 0 Å². The molecule has 0 aromatic carbocycles. The number of hydrogen-bond donors (Lipinski definition) is 2. The molecular formula is C9H24N2OS. The first-order chi connectivity index (χ1) is 6.07. The highest BCUT2D eigenvalue weighted by Gasteiger charge is 2.32. The van der Waals surface area contributed by atoms with Crippen molar-refractivity contribution in [3.8, 4) is 0 Å². The topological polar surface area (TPSA) is 35.5 Å². The van der Waals surface area contributed by atoms with Gasteiger partial charge in [0.25, 0.3) is 0 Å². The molecule has 1 heterocycles. The van der Waals surface area contributed by atoms with E-state index in [4.69, 9.17) is 0 Å². The zero-order valence-electron chi connectivity index (χ0n) is 9.50. The van der Waals surface area contributed by atoms with Gasteiger partial charge < -0.3 is 9.45 Å². The third-order valence-corrected chi connectivity index (χ3v) is 4.97. The van der Waals surface area contributed by atoms with Gasteiger partial charge in [-0.25, -0.2) is 0 Å². The van der Waals surface area contributed by atoms with Crippen LogP contribution >= 0.6 is 10.5 Å². The lowest BCUT2D eigenvalue weighted by atomic mass is 10.2. The average molecular weight is 208 g/mol. The maximum Gasteiger partial charge on any atom is 0.0269 e. The fourth-order valence-electron chi connectivity index (χ4n) is 1.41. The highest BCUT2D eigenvalue weighted by atomic mass is 32.3. The van der Waals surface area contributed by atoms with Gasteiger partial charge in [-0.2, -0.15) is 0 Å². The van der Waals surface area contributed by atoms with E-state index < -0.39 is 10.5 Å². The molecule has 0 aliphatic carbocycles. The molecule has 0 spiro atoms. The summed E-state index contributed by atoms with van der Waals surface area (Å²) in [6.45, 7) is 4.00. The van der Waals surface area contributed by atoms with E-state index in [1.807, 2.05) is 20.9 Å². The second-order valence-electron chi connectivity index (χ2n) is 3.32. The van der Waals surface area contributed by atoms with E-state index in [1.165, 1.54) is 0 Å². The van der Waals surface area contributed by atoms with Crippen LogP contribution in [0.25, 0.3) is 0 Å². The first-order valence-electron chi connectivity index (χ1n) is 4.93. The molecule has 1 aliphatic rings. The van der Waals surface area contributed by atoms with Crippen LogP contribution in [0, 0.1) is 0 Å². The summed E-state index contributed by atoms with van der Waals surface area (Å²) in [6.07, 6.45) is 1.12. The molecule has 13 heavy (non-hydrogen) atoms. The number of nitrogens with zero attached hydrogens (tertiary/aromatic N) is 1. The molecule has 1 aliphatic heterocycles. The van der Waals surface area contributed by atoms with Crippen LogP contribution in [0.1, 0.15) is 20.3 Å². The van der Waals surface area contributed by atoms with Crippen LogP contribution in [0.4, 0.5) is 0 Å².